The van der Waals surface area contributed by atoms with Crippen molar-refractivity contribution < 1.29 is 9.18 Å². The van der Waals surface area contributed by atoms with Gasteiger partial charge in [-0.25, -0.2) is 4.98 Å². The molecule has 0 atom stereocenters. The molecule has 2 aromatic rings. The standard InChI is InChI=1S/C13H10ClFN2O/c1-8-3-2-4-10(12(8)14)17-13(18)9-5-6-11(15)16-7-9/h2-7H,1H3,(H,17,18). The van der Waals surface area contributed by atoms with Gasteiger partial charge >= 0.3 is 0 Å². The zero-order valence-corrected chi connectivity index (χ0v) is 10.3. The molecule has 0 aliphatic rings. The molecule has 0 aliphatic heterocycles. The third-order valence-corrected chi connectivity index (χ3v) is 2.93. The van der Waals surface area contributed by atoms with Crippen LogP contribution in [0.3, 0.4) is 0 Å². The van der Waals surface area contributed by atoms with Gasteiger partial charge < -0.3 is 5.32 Å². The minimum absolute atomic E-state index is 0.272. The van der Waals surface area contributed by atoms with Crippen LogP contribution in [0.2, 0.25) is 5.02 Å². The van der Waals surface area contributed by atoms with E-state index in [1.807, 2.05) is 13.0 Å². The Morgan fingerprint density at radius 2 is 2.11 bits per heavy atom. The lowest BCUT2D eigenvalue weighted by Crippen LogP contribution is -2.12. The van der Waals surface area contributed by atoms with Crippen molar-refractivity contribution in [1.29, 1.82) is 0 Å². The minimum atomic E-state index is -0.625. The number of carbonyl (C=O) groups excluding carboxylic acids is 1. The molecule has 0 radical (unpaired) electrons. The molecular weight excluding hydrogens is 255 g/mol. The molecule has 92 valence electrons. The van der Waals surface area contributed by atoms with Crippen LogP contribution in [0.4, 0.5) is 10.1 Å². The van der Waals surface area contributed by atoms with E-state index in [4.69, 9.17) is 11.6 Å². The highest BCUT2D eigenvalue weighted by Gasteiger charge is 2.09. The summed E-state index contributed by atoms with van der Waals surface area (Å²) in [7, 11) is 0. The smallest absolute Gasteiger partial charge is 0.257 e. The molecule has 1 aromatic carbocycles. The van der Waals surface area contributed by atoms with Crippen LogP contribution in [-0.2, 0) is 0 Å². The van der Waals surface area contributed by atoms with Crippen molar-refractivity contribution in [1.82, 2.24) is 4.98 Å². The second-order valence-electron chi connectivity index (χ2n) is 3.76. The molecule has 0 saturated carbocycles. The molecule has 3 nitrogen and oxygen atoms in total. The number of hydrogen-bond donors (Lipinski definition) is 1. The largest absolute Gasteiger partial charge is 0.321 e. The van der Waals surface area contributed by atoms with Crippen LogP contribution in [0.25, 0.3) is 0 Å². The fourth-order valence-electron chi connectivity index (χ4n) is 1.45. The van der Waals surface area contributed by atoms with Crippen LogP contribution in [-0.4, -0.2) is 10.9 Å². The summed E-state index contributed by atoms with van der Waals surface area (Å²) in [6.07, 6.45) is 1.17. The van der Waals surface area contributed by atoms with Gasteiger partial charge in [0, 0.05) is 6.20 Å². The van der Waals surface area contributed by atoms with Crippen LogP contribution in [0.5, 0.6) is 0 Å². The summed E-state index contributed by atoms with van der Waals surface area (Å²) < 4.78 is 12.6. The van der Waals surface area contributed by atoms with Gasteiger partial charge in [-0.15, -0.1) is 0 Å². The van der Waals surface area contributed by atoms with E-state index in [0.29, 0.717) is 10.7 Å². The van der Waals surface area contributed by atoms with Crippen molar-refractivity contribution in [2.45, 2.75) is 6.92 Å². The second-order valence-corrected chi connectivity index (χ2v) is 4.14. The molecule has 1 heterocycles. The van der Waals surface area contributed by atoms with Gasteiger partial charge in [-0.2, -0.15) is 4.39 Å². The Morgan fingerprint density at radius 1 is 1.33 bits per heavy atom. The summed E-state index contributed by atoms with van der Waals surface area (Å²) in [6, 6.07) is 7.83. The van der Waals surface area contributed by atoms with Crippen molar-refractivity contribution in [3.05, 3.63) is 58.6 Å². The number of rotatable bonds is 2. The van der Waals surface area contributed by atoms with Gasteiger partial charge in [-0.05, 0) is 30.7 Å². The first-order valence-electron chi connectivity index (χ1n) is 5.26. The van der Waals surface area contributed by atoms with Crippen LogP contribution >= 0.6 is 11.6 Å². The predicted octanol–water partition coefficient (Wildman–Crippen LogP) is 3.43. The van der Waals surface area contributed by atoms with E-state index in [9.17, 15) is 9.18 Å². The lowest BCUT2D eigenvalue weighted by atomic mass is 10.2. The SMILES string of the molecule is Cc1cccc(NC(=O)c2ccc(F)nc2)c1Cl. The maximum atomic E-state index is 12.6. The molecule has 0 bridgehead atoms. The van der Waals surface area contributed by atoms with Gasteiger partial charge in [0.2, 0.25) is 5.95 Å². The Balaban J connectivity index is 2.21. The molecule has 1 N–H and O–H groups in total. The van der Waals surface area contributed by atoms with Crippen LogP contribution < -0.4 is 5.32 Å². The van der Waals surface area contributed by atoms with E-state index in [0.717, 1.165) is 11.6 Å². The zero-order chi connectivity index (χ0) is 13.1. The molecule has 0 aliphatic carbocycles. The number of nitrogens with one attached hydrogen (secondary N) is 1. The van der Waals surface area contributed by atoms with E-state index in [1.54, 1.807) is 12.1 Å². The third kappa shape index (κ3) is 2.65. The first-order valence-corrected chi connectivity index (χ1v) is 5.64. The van der Waals surface area contributed by atoms with Crippen molar-refractivity contribution in [2.75, 3.05) is 5.32 Å². The topological polar surface area (TPSA) is 42.0 Å². The Labute approximate surface area is 109 Å². The Kier molecular flexibility index (Phi) is 3.58. The molecule has 5 heteroatoms. The van der Waals surface area contributed by atoms with Crippen molar-refractivity contribution in [3.8, 4) is 0 Å². The summed E-state index contributed by atoms with van der Waals surface area (Å²) in [5, 5.41) is 3.14. The number of amides is 1. The van der Waals surface area contributed by atoms with Gasteiger partial charge in [-0.1, -0.05) is 23.7 Å². The fraction of sp³-hybridized carbons (Fsp3) is 0.0769. The molecule has 18 heavy (non-hydrogen) atoms. The van der Waals surface area contributed by atoms with Crippen molar-refractivity contribution in [2.24, 2.45) is 0 Å². The van der Waals surface area contributed by atoms with E-state index < -0.39 is 5.95 Å². The lowest BCUT2D eigenvalue weighted by Gasteiger charge is -2.08. The Hall–Kier alpha value is -1.94. The maximum Gasteiger partial charge on any atom is 0.257 e. The van der Waals surface area contributed by atoms with E-state index >= 15 is 0 Å². The fourth-order valence-corrected chi connectivity index (χ4v) is 1.62. The molecule has 2 rings (SSSR count). The number of pyridine rings is 1. The molecule has 0 unspecified atom stereocenters. The number of aryl methyl sites for hydroxylation is 1. The first kappa shape index (κ1) is 12.5. The number of hydrogen-bond acceptors (Lipinski definition) is 2. The third-order valence-electron chi connectivity index (χ3n) is 2.43. The first-order chi connectivity index (χ1) is 8.58. The highest BCUT2D eigenvalue weighted by Crippen LogP contribution is 2.25. The van der Waals surface area contributed by atoms with Gasteiger partial charge in [-0.3, -0.25) is 4.79 Å². The summed E-state index contributed by atoms with van der Waals surface area (Å²) >= 11 is 6.06. The van der Waals surface area contributed by atoms with E-state index in [2.05, 4.69) is 10.3 Å². The van der Waals surface area contributed by atoms with Crippen LogP contribution in [0.15, 0.2) is 36.5 Å². The number of halogens is 2. The van der Waals surface area contributed by atoms with Gasteiger partial charge in [0.1, 0.15) is 0 Å². The maximum absolute atomic E-state index is 12.6. The molecule has 1 amide bonds. The monoisotopic (exact) mass is 264 g/mol. The summed E-state index contributed by atoms with van der Waals surface area (Å²) in [5.74, 6) is -1.00. The Morgan fingerprint density at radius 3 is 2.78 bits per heavy atom. The van der Waals surface area contributed by atoms with Gasteiger partial charge in [0.05, 0.1) is 16.3 Å². The molecule has 0 fully saturated rings. The normalized spacial score (nSPS) is 10.2. The second kappa shape index (κ2) is 5.14. The molecular formula is C13H10ClFN2O. The Bertz CT molecular complexity index is 584. The summed E-state index contributed by atoms with van der Waals surface area (Å²) in [4.78, 5) is 15.3. The number of carbonyl (C=O) groups is 1. The van der Waals surface area contributed by atoms with E-state index in [-0.39, 0.29) is 11.5 Å². The molecule has 0 spiro atoms. The number of nitrogens with zero attached hydrogens (tertiary/aromatic N) is 1. The number of anilines is 1. The zero-order valence-electron chi connectivity index (χ0n) is 9.58. The average molecular weight is 265 g/mol. The van der Waals surface area contributed by atoms with Gasteiger partial charge in [0.15, 0.2) is 0 Å². The number of benzene rings is 1. The molecule has 0 saturated heterocycles. The van der Waals surface area contributed by atoms with Crippen molar-refractivity contribution in [3.63, 3.8) is 0 Å². The van der Waals surface area contributed by atoms with Crippen LogP contribution in [0, 0.1) is 12.9 Å². The lowest BCUT2D eigenvalue weighted by molar-refractivity contribution is 0.102. The predicted molar refractivity (Wildman–Crippen MR) is 68.3 cm³/mol. The highest BCUT2D eigenvalue weighted by atomic mass is 35.5. The summed E-state index contributed by atoms with van der Waals surface area (Å²) in [6.45, 7) is 1.84. The van der Waals surface area contributed by atoms with Crippen LogP contribution in [0.1, 0.15) is 15.9 Å². The summed E-state index contributed by atoms with van der Waals surface area (Å²) in [5.41, 5.74) is 1.66. The van der Waals surface area contributed by atoms with Gasteiger partial charge in [0.25, 0.3) is 5.91 Å². The minimum Gasteiger partial charge on any atom is -0.321 e. The van der Waals surface area contributed by atoms with Crippen molar-refractivity contribution >= 4 is 23.2 Å². The highest BCUT2D eigenvalue weighted by molar-refractivity contribution is 6.34. The quantitative estimate of drug-likeness (QED) is 0.845. The number of aromatic nitrogens is 1. The van der Waals surface area contributed by atoms with E-state index in [1.165, 1.54) is 12.3 Å². The average Bonchev–Trinajstić information content (AvgIpc) is 2.36. The molecule has 1 aromatic heterocycles.